The van der Waals surface area contributed by atoms with Crippen molar-refractivity contribution in [3.8, 4) is 0 Å². The van der Waals surface area contributed by atoms with Crippen LogP contribution in [-0.4, -0.2) is 30.7 Å². The number of carbonyl (C=O) groups is 2. The van der Waals surface area contributed by atoms with Gasteiger partial charge in [0.2, 0.25) is 5.91 Å². The lowest BCUT2D eigenvalue weighted by atomic mass is 10.0. The van der Waals surface area contributed by atoms with Crippen molar-refractivity contribution in [1.82, 2.24) is 16.1 Å². The Balaban J connectivity index is 1.54. The van der Waals surface area contributed by atoms with Gasteiger partial charge in [0, 0.05) is 33.2 Å². The van der Waals surface area contributed by atoms with Crippen molar-refractivity contribution in [3.63, 3.8) is 0 Å². The molecule has 0 spiro atoms. The van der Waals surface area contributed by atoms with Gasteiger partial charge in [0.05, 0.1) is 6.21 Å². The summed E-state index contributed by atoms with van der Waals surface area (Å²) in [5.41, 5.74) is 2.56. The Hall–Kier alpha value is -1.41. The number of hydrazone groups is 1. The standard InChI is InChI=1S/C16H23BrN4O2S/c1-11-14(17)9-13(24-11)10-19-21-15(22)6-4-2-3-5-12-7-8-18-16(23)20-12/h9-10,12H,2-8H2,1H3,(H,21,22)(H2,18,20,23)/b19-10-/t12-/m1/s1. The van der Waals surface area contributed by atoms with E-state index in [1.54, 1.807) is 17.6 Å². The first-order valence-electron chi connectivity index (χ1n) is 8.17. The number of thiophene rings is 1. The van der Waals surface area contributed by atoms with Crippen LogP contribution in [0.3, 0.4) is 0 Å². The Morgan fingerprint density at radius 3 is 3.04 bits per heavy atom. The van der Waals surface area contributed by atoms with Crippen LogP contribution in [0, 0.1) is 6.92 Å². The second kappa shape index (κ2) is 9.78. The largest absolute Gasteiger partial charge is 0.338 e. The Bertz CT molecular complexity index is 583. The second-order valence-corrected chi connectivity index (χ2v) is 7.97. The highest BCUT2D eigenvalue weighted by Crippen LogP contribution is 2.24. The van der Waals surface area contributed by atoms with E-state index in [1.165, 1.54) is 4.88 Å². The lowest BCUT2D eigenvalue weighted by Crippen LogP contribution is -2.49. The fourth-order valence-corrected chi connectivity index (χ4v) is 3.94. The van der Waals surface area contributed by atoms with E-state index in [4.69, 9.17) is 0 Å². The van der Waals surface area contributed by atoms with E-state index >= 15 is 0 Å². The van der Waals surface area contributed by atoms with Crippen molar-refractivity contribution in [2.24, 2.45) is 5.10 Å². The molecule has 6 nitrogen and oxygen atoms in total. The van der Waals surface area contributed by atoms with Crippen LogP contribution >= 0.6 is 27.3 Å². The number of halogens is 1. The molecular formula is C16H23BrN4O2S. The molecule has 3 amide bonds. The van der Waals surface area contributed by atoms with Gasteiger partial charge >= 0.3 is 6.03 Å². The number of rotatable bonds is 8. The number of nitrogens with one attached hydrogen (secondary N) is 3. The van der Waals surface area contributed by atoms with E-state index < -0.39 is 0 Å². The summed E-state index contributed by atoms with van der Waals surface area (Å²) in [7, 11) is 0. The average molecular weight is 415 g/mol. The number of unbranched alkanes of at least 4 members (excludes halogenated alkanes) is 2. The van der Waals surface area contributed by atoms with Crippen LogP contribution in [0.15, 0.2) is 15.6 Å². The Morgan fingerprint density at radius 1 is 1.50 bits per heavy atom. The van der Waals surface area contributed by atoms with Gasteiger partial charge in [-0.1, -0.05) is 12.8 Å². The molecule has 1 aromatic heterocycles. The lowest BCUT2D eigenvalue weighted by Gasteiger charge is -2.24. The molecule has 1 atom stereocenters. The molecule has 1 aliphatic heterocycles. The van der Waals surface area contributed by atoms with Gasteiger partial charge in [-0.15, -0.1) is 11.3 Å². The van der Waals surface area contributed by atoms with Gasteiger partial charge in [-0.25, -0.2) is 10.2 Å². The van der Waals surface area contributed by atoms with Crippen LogP contribution in [0.5, 0.6) is 0 Å². The molecule has 2 rings (SSSR count). The van der Waals surface area contributed by atoms with E-state index in [1.807, 2.05) is 13.0 Å². The number of nitrogens with zero attached hydrogens (tertiary/aromatic N) is 1. The molecule has 0 unspecified atom stereocenters. The zero-order valence-electron chi connectivity index (χ0n) is 13.7. The maximum absolute atomic E-state index is 11.7. The third-order valence-electron chi connectivity index (χ3n) is 3.83. The van der Waals surface area contributed by atoms with E-state index in [-0.39, 0.29) is 18.0 Å². The van der Waals surface area contributed by atoms with Crippen LogP contribution in [0.1, 0.15) is 48.3 Å². The van der Waals surface area contributed by atoms with E-state index in [0.29, 0.717) is 6.42 Å². The lowest BCUT2D eigenvalue weighted by molar-refractivity contribution is -0.121. The second-order valence-electron chi connectivity index (χ2n) is 5.83. The molecule has 1 aromatic rings. The fraction of sp³-hybridized carbons (Fsp3) is 0.562. The predicted molar refractivity (Wildman–Crippen MR) is 101 cm³/mol. The summed E-state index contributed by atoms with van der Waals surface area (Å²) >= 11 is 5.07. The third kappa shape index (κ3) is 6.60. The molecule has 8 heteroatoms. The highest BCUT2D eigenvalue weighted by atomic mass is 79.9. The van der Waals surface area contributed by atoms with Gasteiger partial charge in [0.15, 0.2) is 0 Å². The summed E-state index contributed by atoms with van der Waals surface area (Å²) in [5, 5.41) is 9.65. The van der Waals surface area contributed by atoms with E-state index in [9.17, 15) is 9.59 Å². The number of aryl methyl sites for hydroxylation is 1. The normalized spacial score (nSPS) is 17.6. The van der Waals surface area contributed by atoms with Crippen molar-refractivity contribution in [2.45, 2.75) is 51.5 Å². The molecule has 2 heterocycles. The van der Waals surface area contributed by atoms with Crippen LogP contribution < -0.4 is 16.1 Å². The van der Waals surface area contributed by atoms with E-state index in [2.05, 4.69) is 37.1 Å². The molecular weight excluding hydrogens is 392 g/mol. The minimum atomic E-state index is -0.0727. The Morgan fingerprint density at radius 2 is 2.33 bits per heavy atom. The summed E-state index contributed by atoms with van der Waals surface area (Å²) < 4.78 is 1.06. The third-order valence-corrected chi connectivity index (χ3v) is 5.90. The molecule has 0 radical (unpaired) electrons. The minimum Gasteiger partial charge on any atom is -0.338 e. The average Bonchev–Trinajstić information content (AvgIpc) is 2.85. The number of hydrogen-bond donors (Lipinski definition) is 3. The van der Waals surface area contributed by atoms with Gasteiger partial charge in [0.25, 0.3) is 0 Å². The fourth-order valence-electron chi connectivity index (χ4n) is 2.51. The number of hydrogen-bond acceptors (Lipinski definition) is 4. The van der Waals surface area contributed by atoms with Gasteiger partial charge in [-0.3, -0.25) is 4.79 Å². The maximum atomic E-state index is 11.7. The molecule has 132 valence electrons. The van der Waals surface area contributed by atoms with Crippen molar-refractivity contribution in [1.29, 1.82) is 0 Å². The summed E-state index contributed by atoms with van der Waals surface area (Å²) in [6.07, 6.45) is 6.92. The number of urea groups is 1. The Kier molecular flexibility index (Phi) is 7.71. The molecule has 0 aromatic carbocycles. The monoisotopic (exact) mass is 414 g/mol. The van der Waals surface area contributed by atoms with Crippen molar-refractivity contribution >= 4 is 45.4 Å². The topological polar surface area (TPSA) is 82.6 Å². The van der Waals surface area contributed by atoms with Crippen LogP contribution in [0.2, 0.25) is 0 Å². The van der Waals surface area contributed by atoms with Crippen molar-refractivity contribution in [3.05, 3.63) is 20.3 Å². The van der Waals surface area contributed by atoms with E-state index in [0.717, 1.165) is 48.0 Å². The molecule has 1 saturated heterocycles. The first kappa shape index (κ1) is 18.9. The SMILES string of the molecule is Cc1sc(/C=N\NC(=O)CCCCC[C@@H]2CCNC(=O)N2)cc1Br. The van der Waals surface area contributed by atoms with Crippen LogP contribution in [-0.2, 0) is 4.79 Å². The summed E-state index contributed by atoms with van der Waals surface area (Å²) in [6, 6.07) is 2.18. The van der Waals surface area contributed by atoms with Gasteiger partial charge in [0.1, 0.15) is 0 Å². The molecule has 0 aliphatic carbocycles. The van der Waals surface area contributed by atoms with Gasteiger partial charge in [-0.2, -0.15) is 5.10 Å². The van der Waals surface area contributed by atoms with Crippen molar-refractivity contribution < 1.29 is 9.59 Å². The first-order chi connectivity index (χ1) is 11.5. The van der Waals surface area contributed by atoms with Gasteiger partial charge < -0.3 is 10.6 Å². The molecule has 1 aliphatic rings. The highest BCUT2D eigenvalue weighted by molar-refractivity contribution is 9.10. The zero-order chi connectivity index (χ0) is 17.4. The summed E-state index contributed by atoms with van der Waals surface area (Å²) in [4.78, 5) is 25.1. The van der Waals surface area contributed by atoms with Gasteiger partial charge in [-0.05, 0) is 48.2 Å². The molecule has 24 heavy (non-hydrogen) atoms. The highest BCUT2D eigenvalue weighted by Gasteiger charge is 2.16. The summed E-state index contributed by atoms with van der Waals surface area (Å²) in [5.74, 6) is -0.0613. The number of amides is 3. The Labute approximate surface area is 154 Å². The predicted octanol–water partition coefficient (Wildman–Crippen LogP) is 3.29. The maximum Gasteiger partial charge on any atom is 0.315 e. The number of carbonyl (C=O) groups excluding carboxylic acids is 2. The smallest absolute Gasteiger partial charge is 0.315 e. The first-order valence-corrected chi connectivity index (χ1v) is 9.78. The molecule has 1 fully saturated rings. The quantitative estimate of drug-likeness (QED) is 0.346. The summed E-state index contributed by atoms with van der Waals surface area (Å²) in [6.45, 7) is 2.77. The van der Waals surface area contributed by atoms with Crippen molar-refractivity contribution in [2.75, 3.05) is 6.54 Å². The van der Waals surface area contributed by atoms with Crippen LogP contribution in [0.25, 0.3) is 0 Å². The minimum absolute atomic E-state index is 0.0613. The molecule has 3 N–H and O–H groups in total. The molecule has 0 bridgehead atoms. The molecule has 0 saturated carbocycles. The van der Waals surface area contributed by atoms with Crippen LogP contribution in [0.4, 0.5) is 4.79 Å². The zero-order valence-corrected chi connectivity index (χ0v) is 16.1.